The zero-order chi connectivity index (χ0) is 14.0. The van der Waals surface area contributed by atoms with E-state index in [4.69, 9.17) is 15.7 Å². The van der Waals surface area contributed by atoms with Crippen molar-refractivity contribution in [1.82, 2.24) is 4.31 Å². The summed E-state index contributed by atoms with van der Waals surface area (Å²) < 4.78 is 31.6. The molecule has 2 N–H and O–H groups in total. The number of nitriles is 1. The molecule has 1 aliphatic rings. The van der Waals surface area contributed by atoms with Crippen LogP contribution in [0.15, 0.2) is 23.1 Å². The van der Waals surface area contributed by atoms with Crippen LogP contribution in [-0.2, 0) is 14.8 Å². The first-order valence-electron chi connectivity index (χ1n) is 5.86. The monoisotopic (exact) mass is 281 g/mol. The van der Waals surface area contributed by atoms with E-state index in [9.17, 15) is 8.42 Å². The van der Waals surface area contributed by atoms with Gasteiger partial charge in [-0.05, 0) is 25.1 Å². The second kappa shape index (κ2) is 5.17. The maximum Gasteiger partial charge on any atom is 0.245 e. The average molecular weight is 281 g/mol. The van der Waals surface area contributed by atoms with Gasteiger partial charge in [-0.25, -0.2) is 8.42 Å². The summed E-state index contributed by atoms with van der Waals surface area (Å²) in [5.41, 5.74) is 6.17. The van der Waals surface area contributed by atoms with Gasteiger partial charge in [-0.1, -0.05) is 0 Å². The third kappa shape index (κ3) is 2.71. The van der Waals surface area contributed by atoms with Gasteiger partial charge < -0.3 is 10.5 Å². The Morgan fingerprint density at radius 1 is 1.53 bits per heavy atom. The smallest absolute Gasteiger partial charge is 0.245 e. The second-order valence-corrected chi connectivity index (χ2v) is 6.32. The zero-order valence-electron chi connectivity index (χ0n) is 10.5. The minimum absolute atomic E-state index is 0.0422. The highest BCUT2D eigenvalue weighted by Gasteiger charge is 2.30. The fourth-order valence-corrected chi connectivity index (χ4v) is 3.59. The number of hydrogen-bond acceptors (Lipinski definition) is 5. The lowest BCUT2D eigenvalue weighted by Crippen LogP contribution is -2.44. The van der Waals surface area contributed by atoms with Gasteiger partial charge in [-0.3, -0.25) is 0 Å². The van der Waals surface area contributed by atoms with Crippen LogP contribution in [0.4, 0.5) is 5.69 Å². The number of morpholine rings is 1. The van der Waals surface area contributed by atoms with Gasteiger partial charge in [0, 0.05) is 13.1 Å². The van der Waals surface area contributed by atoms with Crippen molar-refractivity contribution in [3.05, 3.63) is 23.8 Å². The van der Waals surface area contributed by atoms with Crippen molar-refractivity contribution in [2.24, 2.45) is 0 Å². The van der Waals surface area contributed by atoms with Gasteiger partial charge >= 0.3 is 0 Å². The Kier molecular flexibility index (Phi) is 3.75. The Bertz CT molecular complexity index is 622. The molecule has 1 atom stereocenters. The maximum atomic E-state index is 12.5. The number of sulfonamides is 1. The summed E-state index contributed by atoms with van der Waals surface area (Å²) >= 11 is 0. The van der Waals surface area contributed by atoms with Crippen molar-refractivity contribution < 1.29 is 13.2 Å². The largest absolute Gasteiger partial charge is 0.398 e. The molecular weight excluding hydrogens is 266 g/mol. The minimum Gasteiger partial charge on any atom is -0.398 e. The topological polar surface area (TPSA) is 96.4 Å². The Morgan fingerprint density at radius 3 is 2.84 bits per heavy atom. The van der Waals surface area contributed by atoms with E-state index in [2.05, 4.69) is 0 Å². The van der Waals surface area contributed by atoms with Crippen LogP contribution in [0.25, 0.3) is 0 Å². The molecule has 6 nitrogen and oxygen atoms in total. The van der Waals surface area contributed by atoms with Gasteiger partial charge in [-0.2, -0.15) is 9.57 Å². The Morgan fingerprint density at radius 2 is 2.26 bits per heavy atom. The molecular formula is C12H15N3O3S. The van der Waals surface area contributed by atoms with Crippen molar-refractivity contribution in [3.8, 4) is 6.07 Å². The molecule has 0 saturated carbocycles. The number of nitrogens with two attached hydrogens (primary N) is 1. The van der Waals surface area contributed by atoms with Gasteiger partial charge in [0.05, 0.1) is 30.0 Å². The molecule has 1 fully saturated rings. The predicted octanol–water partition coefficient (Wildman–Crippen LogP) is 0.550. The molecule has 0 aromatic heterocycles. The Hall–Kier alpha value is -1.62. The van der Waals surface area contributed by atoms with E-state index in [-0.39, 0.29) is 16.7 Å². The number of benzene rings is 1. The molecule has 1 heterocycles. The summed E-state index contributed by atoms with van der Waals surface area (Å²) in [6, 6.07) is 6.13. The van der Waals surface area contributed by atoms with E-state index < -0.39 is 10.0 Å². The molecule has 1 aliphatic heterocycles. The van der Waals surface area contributed by atoms with E-state index >= 15 is 0 Å². The SMILES string of the molecule is CC1CN(S(=O)(=O)c2ccc(C#N)cc2N)CCO1. The maximum absolute atomic E-state index is 12.5. The van der Waals surface area contributed by atoms with Crippen LogP contribution in [0.1, 0.15) is 12.5 Å². The summed E-state index contributed by atoms with van der Waals surface area (Å²) in [7, 11) is -3.63. The average Bonchev–Trinajstić information content (AvgIpc) is 2.38. The molecule has 1 aromatic rings. The Balaban J connectivity index is 2.37. The van der Waals surface area contributed by atoms with E-state index in [1.807, 2.05) is 13.0 Å². The van der Waals surface area contributed by atoms with Crippen LogP contribution in [0.5, 0.6) is 0 Å². The highest BCUT2D eigenvalue weighted by Crippen LogP contribution is 2.24. The molecule has 0 spiro atoms. The lowest BCUT2D eigenvalue weighted by molar-refractivity contribution is 0.0102. The minimum atomic E-state index is -3.63. The molecule has 0 aliphatic carbocycles. The molecule has 102 valence electrons. The molecule has 7 heteroatoms. The first-order chi connectivity index (χ1) is 8.95. The molecule has 1 saturated heterocycles. The van der Waals surface area contributed by atoms with Crippen LogP contribution >= 0.6 is 0 Å². The van der Waals surface area contributed by atoms with Gasteiger partial charge in [-0.15, -0.1) is 0 Å². The molecule has 19 heavy (non-hydrogen) atoms. The molecule has 0 bridgehead atoms. The number of rotatable bonds is 2. The quantitative estimate of drug-likeness (QED) is 0.798. The summed E-state index contributed by atoms with van der Waals surface area (Å²) in [6.45, 7) is 2.81. The van der Waals surface area contributed by atoms with Crippen molar-refractivity contribution >= 4 is 15.7 Å². The molecule has 0 radical (unpaired) electrons. The van der Waals surface area contributed by atoms with Gasteiger partial charge in [0.2, 0.25) is 10.0 Å². The molecule has 1 unspecified atom stereocenters. The van der Waals surface area contributed by atoms with Crippen LogP contribution in [0.3, 0.4) is 0 Å². The van der Waals surface area contributed by atoms with Crippen molar-refractivity contribution in [1.29, 1.82) is 5.26 Å². The number of hydrogen-bond donors (Lipinski definition) is 1. The van der Waals surface area contributed by atoms with E-state index in [1.165, 1.54) is 22.5 Å². The van der Waals surface area contributed by atoms with Gasteiger partial charge in [0.25, 0.3) is 0 Å². The fourth-order valence-electron chi connectivity index (χ4n) is 2.00. The summed E-state index contributed by atoms with van der Waals surface area (Å²) in [6.07, 6.45) is -0.136. The van der Waals surface area contributed by atoms with Gasteiger partial charge in [0.15, 0.2) is 0 Å². The van der Waals surface area contributed by atoms with Crippen molar-refractivity contribution in [2.45, 2.75) is 17.9 Å². The lowest BCUT2D eigenvalue weighted by atomic mass is 10.2. The molecule has 0 amide bonds. The predicted molar refractivity (Wildman–Crippen MR) is 69.7 cm³/mol. The number of nitrogens with zero attached hydrogens (tertiary/aromatic N) is 2. The first-order valence-corrected chi connectivity index (χ1v) is 7.30. The standard InChI is InChI=1S/C12H15N3O3S/c1-9-8-15(4-5-18-9)19(16,17)12-3-2-10(7-13)6-11(12)14/h2-3,6,9H,4-5,8,14H2,1H3. The summed E-state index contributed by atoms with van der Waals surface area (Å²) in [4.78, 5) is 0.0422. The third-order valence-corrected chi connectivity index (χ3v) is 4.90. The fraction of sp³-hybridized carbons (Fsp3) is 0.417. The number of ether oxygens (including phenoxy) is 1. The first kappa shape index (κ1) is 13.8. The van der Waals surface area contributed by atoms with Crippen molar-refractivity contribution in [3.63, 3.8) is 0 Å². The highest BCUT2D eigenvalue weighted by molar-refractivity contribution is 7.89. The zero-order valence-corrected chi connectivity index (χ0v) is 11.4. The number of nitrogen functional groups attached to an aromatic ring is 1. The van der Waals surface area contributed by atoms with Crippen LogP contribution in [0, 0.1) is 11.3 Å². The van der Waals surface area contributed by atoms with E-state index in [0.717, 1.165) is 0 Å². The van der Waals surface area contributed by atoms with E-state index in [1.54, 1.807) is 0 Å². The third-order valence-electron chi connectivity index (χ3n) is 2.96. The number of anilines is 1. The van der Waals surface area contributed by atoms with Crippen LogP contribution in [-0.4, -0.2) is 38.5 Å². The molecule has 1 aromatic carbocycles. The van der Waals surface area contributed by atoms with Crippen LogP contribution in [0.2, 0.25) is 0 Å². The lowest BCUT2D eigenvalue weighted by Gasteiger charge is -2.30. The highest BCUT2D eigenvalue weighted by atomic mass is 32.2. The normalized spacial score (nSPS) is 20.9. The van der Waals surface area contributed by atoms with Gasteiger partial charge in [0.1, 0.15) is 4.90 Å². The Labute approximate surface area is 112 Å². The molecule has 2 rings (SSSR count). The summed E-state index contributed by atoms with van der Waals surface area (Å²) in [5.74, 6) is 0. The van der Waals surface area contributed by atoms with Crippen molar-refractivity contribution in [2.75, 3.05) is 25.4 Å². The second-order valence-electron chi connectivity index (χ2n) is 4.41. The summed E-state index contributed by atoms with van der Waals surface area (Å²) in [5, 5.41) is 8.76. The van der Waals surface area contributed by atoms with E-state index in [0.29, 0.717) is 25.3 Å². The van der Waals surface area contributed by atoms with Crippen LogP contribution < -0.4 is 5.73 Å².